The lowest BCUT2D eigenvalue weighted by Crippen LogP contribution is -2.24. The molecular weight excluding hydrogens is 342 g/mol. The summed E-state index contributed by atoms with van der Waals surface area (Å²) in [7, 11) is 1.41. The summed E-state index contributed by atoms with van der Waals surface area (Å²) in [5.74, 6) is -0.314. The monoisotopic (exact) mass is 353 g/mol. The summed E-state index contributed by atoms with van der Waals surface area (Å²) >= 11 is 3.15. The molecule has 0 aliphatic heterocycles. The van der Waals surface area contributed by atoms with Crippen LogP contribution in [-0.2, 0) is 9.05 Å². The molecule has 1 amide bonds. The van der Waals surface area contributed by atoms with E-state index in [0.29, 0.717) is 11.0 Å². The highest BCUT2D eigenvalue weighted by Crippen LogP contribution is 2.22. The van der Waals surface area contributed by atoms with E-state index in [0.717, 1.165) is 12.8 Å². The van der Waals surface area contributed by atoms with E-state index in [-0.39, 0.29) is 16.4 Å². The number of halogens is 2. The standard InChI is InChI=1S/C11H13BrClNO3S/c1-2-3-4-14-11(15)8-5-9(12)7-10(6-8)18(13,16)17/h5-7H,2-4H2,1H3,(H,14,15). The molecule has 0 fully saturated rings. The lowest BCUT2D eigenvalue weighted by atomic mass is 10.2. The van der Waals surface area contributed by atoms with Crippen molar-refractivity contribution >= 4 is 41.6 Å². The molecule has 0 spiro atoms. The predicted molar refractivity (Wildman–Crippen MR) is 74.4 cm³/mol. The zero-order valence-corrected chi connectivity index (χ0v) is 12.9. The molecule has 0 bridgehead atoms. The maximum atomic E-state index is 11.8. The van der Waals surface area contributed by atoms with Gasteiger partial charge in [0.2, 0.25) is 0 Å². The average Bonchev–Trinajstić information content (AvgIpc) is 2.27. The molecule has 0 heterocycles. The molecule has 1 N–H and O–H groups in total. The minimum absolute atomic E-state index is 0.0980. The Balaban J connectivity index is 2.96. The first-order valence-electron chi connectivity index (χ1n) is 5.38. The number of benzene rings is 1. The van der Waals surface area contributed by atoms with Crippen LogP contribution in [0.4, 0.5) is 0 Å². The lowest BCUT2D eigenvalue weighted by molar-refractivity contribution is 0.0953. The van der Waals surface area contributed by atoms with Crippen LogP contribution in [0.25, 0.3) is 0 Å². The van der Waals surface area contributed by atoms with E-state index in [1.165, 1.54) is 12.1 Å². The highest BCUT2D eigenvalue weighted by atomic mass is 79.9. The fraction of sp³-hybridized carbons (Fsp3) is 0.364. The van der Waals surface area contributed by atoms with Gasteiger partial charge in [-0.05, 0) is 24.6 Å². The molecule has 4 nitrogen and oxygen atoms in total. The third-order valence-electron chi connectivity index (χ3n) is 2.23. The maximum Gasteiger partial charge on any atom is 0.261 e. The Bertz CT molecular complexity index is 545. The molecule has 0 saturated carbocycles. The first kappa shape index (κ1) is 15.5. The number of nitrogens with one attached hydrogen (secondary N) is 1. The maximum absolute atomic E-state index is 11.8. The highest BCUT2D eigenvalue weighted by Gasteiger charge is 2.15. The summed E-state index contributed by atoms with van der Waals surface area (Å²) in [4.78, 5) is 11.7. The smallest absolute Gasteiger partial charge is 0.261 e. The predicted octanol–water partition coefficient (Wildman–Crippen LogP) is 2.91. The van der Waals surface area contributed by atoms with Crippen molar-refractivity contribution in [3.63, 3.8) is 0 Å². The number of amides is 1. The molecule has 0 aromatic heterocycles. The zero-order chi connectivity index (χ0) is 13.8. The molecule has 0 atom stereocenters. The second kappa shape index (κ2) is 6.54. The largest absolute Gasteiger partial charge is 0.352 e. The van der Waals surface area contributed by atoms with Gasteiger partial charge in [-0.3, -0.25) is 4.79 Å². The van der Waals surface area contributed by atoms with E-state index < -0.39 is 9.05 Å². The molecule has 0 aliphatic carbocycles. The SMILES string of the molecule is CCCCNC(=O)c1cc(Br)cc(S(=O)(=O)Cl)c1. The highest BCUT2D eigenvalue weighted by molar-refractivity contribution is 9.10. The first-order chi connectivity index (χ1) is 8.34. The second-order valence-corrected chi connectivity index (χ2v) is 7.20. The fourth-order valence-corrected chi connectivity index (χ4v) is 2.76. The van der Waals surface area contributed by atoms with Crippen molar-refractivity contribution in [2.75, 3.05) is 6.54 Å². The Hall–Kier alpha value is -0.590. The third kappa shape index (κ3) is 4.59. The van der Waals surface area contributed by atoms with Crippen molar-refractivity contribution < 1.29 is 13.2 Å². The van der Waals surface area contributed by atoms with Gasteiger partial charge in [-0.1, -0.05) is 29.3 Å². The minimum atomic E-state index is -3.84. The number of hydrogen-bond donors (Lipinski definition) is 1. The van der Waals surface area contributed by atoms with Crippen molar-refractivity contribution in [3.8, 4) is 0 Å². The summed E-state index contributed by atoms with van der Waals surface area (Å²) in [5.41, 5.74) is 0.264. The van der Waals surface area contributed by atoms with Crippen molar-refractivity contribution in [2.24, 2.45) is 0 Å². The van der Waals surface area contributed by atoms with Crippen molar-refractivity contribution in [1.29, 1.82) is 0 Å². The van der Waals surface area contributed by atoms with Crippen LogP contribution in [0.1, 0.15) is 30.1 Å². The van der Waals surface area contributed by atoms with Crippen LogP contribution in [0.15, 0.2) is 27.6 Å². The minimum Gasteiger partial charge on any atom is -0.352 e. The van der Waals surface area contributed by atoms with E-state index in [1.807, 2.05) is 6.92 Å². The molecule has 1 aromatic rings. The summed E-state index contributed by atoms with van der Waals surface area (Å²) in [5, 5.41) is 2.71. The summed E-state index contributed by atoms with van der Waals surface area (Å²) in [6.07, 6.45) is 1.85. The van der Waals surface area contributed by atoms with Crippen LogP contribution >= 0.6 is 26.6 Å². The summed E-state index contributed by atoms with van der Waals surface area (Å²) in [6.45, 7) is 2.58. The number of hydrogen-bond acceptors (Lipinski definition) is 3. The van der Waals surface area contributed by atoms with Crippen LogP contribution < -0.4 is 5.32 Å². The zero-order valence-electron chi connectivity index (χ0n) is 9.74. The Morgan fingerprint density at radius 3 is 2.61 bits per heavy atom. The number of carbonyl (C=O) groups excluding carboxylic acids is 1. The Morgan fingerprint density at radius 2 is 2.06 bits per heavy atom. The van der Waals surface area contributed by atoms with Crippen molar-refractivity contribution in [3.05, 3.63) is 28.2 Å². The van der Waals surface area contributed by atoms with Crippen LogP contribution in [0.5, 0.6) is 0 Å². The van der Waals surface area contributed by atoms with E-state index in [1.54, 1.807) is 6.07 Å². The molecule has 1 aromatic carbocycles. The molecule has 7 heteroatoms. The van der Waals surface area contributed by atoms with Crippen LogP contribution in [0, 0.1) is 0 Å². The Kier molecular flexibility index (Phi) is 5.62. The molecule has 0 radical (unpaired) electrons. The quantitative estimate of drug-likeness (QED) is 0.653. The topological polar surface area (TPSA) is 63.2 Å². The Labute approximate surface area is 119 Å². The van der Waals surface area contributed by atoms with Gasteiger partial charge in [0.25, 0.3) is 15.0 Å². The molecule has 0 unspecified atom stereocenters. The normalized spacial score (nSPS) is 11.3. The van der Waals surface area contributed by atoms with Gasteiger partial charge in [0.15, 0.2) is 0 Å². The summed E-state index contributed by atoms with van der Waals surface area (Å²) < 4.78 is 23.0. The van der Waals surface area contributed by atoms with Gasteiger partial charge < -0.3 is 5.32 Å². The molecular formula is C11H13BrClNO3S. The van der Waals surface area contributed by atoms with Crippen LogP contribution in [0.3, 0.4) is 0 Å². The van der Waals surface area contributed by atoms with E-state index in [4.69, 9.17) is 10.7 Å². The van der Waals surface area contributed by atoms with Gasteiger partial charge in [0.1, 0.15) is 0 Å². The molecule has 100 valence electrons. The molecule has 0 saturated heterocycles. The van der Waals surface area contributed by atoms with Gasteiger partial charge in [-0.15, -0.1) is 0 Å². The van der Waals surface area contributed by atoms with Gasteiger partial charge in [0.05, 0.1) is 4.90 Å². The third-order valence-corrected chi connectivity index (χ3v) is 4.02. The fourth-order valence-electron chi connectivity index (χ4n) is 1.32. The van der Waals surface area contributed by atoms with Gasteiger partial charge in [-0.25, -0.2) is 8.42 Å². The lowest BCUT2D eigenvalue weighted by Gasteiger charge is -2.06. The number of carbonyl (C=O) groups is 1. The van der Waals surface area contributed by atoms with E-state index in [9.17, 15) is 13.2 Å². The van der Waals surface area contributed by atoms with Crippen molar-refractivity contribution in [2.45, 2.75) is 24.7 Å². The van der Waals surface area contributed by atoms with Crippen molar-refractivity contribution in [1.82, 2.24) is 5.32 Å². The molecule has 0 aliphatic rings. The van der Waals surface area contributed by atoms with Gasteiger partial charge in [0, 0.05) is 27.3 Å². The second-order valence-electron chi connectivity index (χ2n) is 3.72. The number of unbranched alkanes of at least 4 members (excludes halogenated alkanes) is 1. The molecule has 1 rings (SSSR count). The average molecular weight is 355 g/mol. The first-order valence-corrected chi connectivity index (χ1v) is 8.48. The van der Waals surface area contributed by atoms with Crippen LogP contribution in [-0.4, -0.2) is 20.9 Å². The van der Waals surface area contributed by atoms with E-state index in [2.05, 4.69) is 21.2 Å². The molecule has 18 heavy (non-hydrogen) atoms. The van der Waals surface area contributed by atoms with Gasteiger partial charge >= 0.3 is 0 Å². The van der Waals surface area contributed by atoms with Gasteiger partial charge in [-0.2, -0.15) is 0 Å². The summed E-state index contributed by atoms with van der Waals surface area (Å²) in [6, 6.07) is 4.16. The number of rotatable bonds is 5. The van der Waals surface area contributed by atoms with E-state index >= 15 is 0 Å². The van der Waals surface area contributed by atoms with Crippen LogP contribution in [0.2, 0.25) is 0 Å². The Morgan fingerprint density at radius 1 is 1.39 bits per heavy atom.